The summed E-state index contributed by atoms with van der Waals surface area (Å²) in [5.41, 5.74) is 1.41. The van der Waals surface area contributed by atoms with Crippen molar-refractivity contribution in [3.8, 4) is 10.7 Å². The third-order valence-electron chi connectivity index (χ3n) is 6.68. The van der Waals surface area contributed by atoms with Crippen molar-refractivity contribution >= 4 is 39.5 Å². The first-order chi connectivity index (χ1) is 17.2. The second kappa shape index (κ2) is 9.89. The van der Waals surface area contributed by atoms with Gasteiger partial charge in [0.25, 0.3) is 0 Å². The number of likely N-dealkylation sites (tertiary alicyclic amines) is 1. The summed E-state index contributed by atoms with van der Waals surface area (Å²) in [5, 5.41) is 12.3. The second-order valence-electron chi connectivity index (χ2n) is 9.37. The molecule has 2 aliphatic rings. The summed E-state index contributed by atoms with van der Waals surface area (Å²) in [6.07, 6.45) is -2.45. The van der Waals surface area contributed by atoms with Gasteiger partial charge in [0.15, 0.2) is 11.2 Å². The normalized spacial score (nSPS) is 20.7. The number of hydrogen-bond donors (Lipinski definition) is 1. The molecular weight excluding hydrogens is 496 g/mol. The molecule has 2 fully saturated rings. The Balaban J connectivity index is 1.49. The highest BCUT2D eigenvalue weighted by molar-refractivity contribution is 7.14. The summed E-state index contributed by atoms with van der Waals surface area (Å²) >= 11 is 1.14. The molecule has 0 radical (unpaired) electrons. The Morgan fingerprint density at radius 2 is 2.08 bits per heavy atom. The minimum absolute atomic E-state index is 0.0280. The van der Waals surface area contributed by atoms with Gasteiger partial charge in [-0.25, -0.2) is 4.39 Å². The van der Waals surface area contributed by atoms with Gasteiger partial charge in [-0.05, 0) is 38.1 Å². The summed E-state index contributed by atoms with van der Waals surface area (Å²) in [7, 11) is 1.84. The lowest BCUT2D eigenvalue weighted by atomic mass is 9.85. The molecule has 36 heavy (non-hydrogen) atoms. The number of nitrogens with one attached hydrogen (secondary N) is 1. The summed E-state index contributed by atoms with van der Waals surface area (Å²) in [6.45, 7) is -0.131. The van der Waals surface area contributed by atoms with E-state index in [4.69, 9.17) is 0 Å². The minimum Gasteiger partial charge on any atom is -0.349 e. The summed E-state index contributed by atoms with van der Waals surface area (Å²) < 4.78 is 56.4. The lowest BCUT2D eigenvalue weighted by molar-refractivity contribution is -0.139. The van der Waals surface area contributed by atoms with Crippen molar-refractivity contribution in [1.82, 2.24) is 25.0 Å². The number of fused-ring (bicyclic) bond motifs is 1. The number of aromatic nitrogens is 3. The topological polar surface area (TPSA) is 75.4 Å². The predicted molar refractivity (Wildman–Crippen MR) is 130 cm³/mol. The highest BCUT2D eigenvalue weighted by atomic mass is 32.1. The van der Waals surface area contributed by atoms with Crippen molar-refractivity contribution in [1.29, 1.82) is 0 Å². The molecule has 1 saturated carbocycles. The van der Waals surface area contributed by atoms with E-state index >= 15 is 0 Å². The van der Waals surface area contributed by atoms with Crippen molar-refractivity contribution in [3.05, 3.63) is 29.3 Å². The zero-order chi connectivity index (χ0) is 25.4. The molecule has 0 unspecified atom stereocenters. The molecule has 1 aliphatic heterocycles. The molecule has 0 spiro atoms. The zero-order valence-electron chi connectivity index (χ0n) is 19.7. The van der Waals surface area contributed by atoms with Crippen LogP contribution in [0.15, 0.2) is 29.3 Å². The Labute approximate surface area is 209 Å². The van der Waals surface area contributed by atoms with Gasteiger partial charge in [0.1, 0.15) is 11.6 Å². The molecule has 1 aliphatic carbocycles. The number of amides is 1. The molecule has 2 aromatic heterocycles. The number of nitrogens with zero attached hydrogens (tertiary/aromatic N) is 5. The van der Waals surface area contributed by atoms with E-state index in [0.29, 0.717) is 45.3 Å². The number of rotatable bonds is 6. The second-order valence-corrected chi connectivity index (χ2v) is 10.4. The molecule has 1 saturated heterocycles. The Kier molecular flexibility index (Phi) is 6.82. The van der Waals surface area contributed by atoms with Crippen LogP contribution in [-0.4, -0.2) is 63.8 Å². The fraction of sp³-hybridized carbons (Fsp3) is 0.500. The zero-order valence-corrected chi connectivity index (χ0v) is 20.5. The maximum atomic E-state index is 14.6. The first kappa shape index (κ1) is 24.8. The lowest BCUT2D eigenvalue weighted by Crippen LogP contribution is -2.39. The fourth-order valence-corrected chi connectivity index (χ4v) is 5.32. The van der Waals surface area contributed by atoms with Crippen LogP contribution in [0.2, 0.25) is 0 Å². The van der Waals surface area contributed by atoms with Crippen LogP contribution in [0, 0.1) is 5.92 Å². The minimum atomic E-state index is -4.47. The summed E-state index contributed by atoms with van der Waals surface area (Å²) in [6, 6.07) is 6.52. The van der Waals surface area contributed by atoms with Crippen LogP contribution in [0.5, 0.6) is 0 Å². The smallest absolute Gasteiger partial charge is 0.349 e. The van der Waals surface area contributed by atoms with Crippen molar-refractivity contribution in [2.75, 3.05) is 20.1 Å². The number of piperidine rings is 1. The van der Waals surface area contributed by atoms with Crippen molar-refractivity contribution in [2.45, 2.75) is 51.1 Å². The molecule has 1 N–H and O–H groups in total. The summed E-state index contributed by atoms with van der Waals surface area (Å²) in [5.74, 6) is -0.00626. The van der Waals surface area contributed by atoms with E-state index in [0.717, 1.165) is 35.2 Å². The van der Waals surface area contributed by atoms with Crippen molar-refractivity contribution < 1.29 is 22.4 Å². The van der Waals surface area contributed by atoms with Gasteiger partial charge in [0, 0.05) is 30.8 Å². The Hall–Kier alpha value is -2.86. The lowest BCUT2D eigenvalue weighted by Gasteiger charge is -2.26. The third-order valence-corrected chi connectivity index (χ3v) is 7.63. The van der Waals surface area contributed by atoms with E-state index in [9.17, 15) is 22.4 Å². The van der Waals surface area contributed by atoms with Crippen LogP contribution >= 0.6 is 11.3 Å². The van der Waals surface area contributed by atoms with Crippen LogP contribution < -0.4 is 5.32 Å². The Morgan fingerprint density at radius 1 is 1.28 bits per heavy atom. The predicted octanol–water partition coefficient (Wildman–Crippen LogP) is 4.88. The molecule has 1 amide bonds. The highest BCUT2D eigenvalue weighted by Crippen LogP contribution is 2.37. The van der Waals surface area contributed by atoms with Gasteiger partial charge in [-0.1, -0.05) is 23.8 Å². The molecule has 0 bridgehead atoms. The number of halogens is 4. The monoisotopic (exact) mass is 522 g/mol. The molecule has 7 nitrogen and oxygen atoms in total. The molecular formula is C24H26F4N6OS. The van der Waals surface area contributed by atoms with E-state index in [1.807, 2.05) is 11.9 Å². The van der Waals surface area contributed by atoms with Gasteiger partial charge in [-0.15, -0.1) is 10.2 Å². The molecule has 3 aromatic rings. The first-order valence-corrected chi connectivity index (χ1v) is 12.7. The van der Waals surface area contributed by atoms with Crippen LogP contribution in [0.3, 0.4) is 0 Å². The standard InChI is InChI=1S/C24H26F4N6OS/c1-33-9-8-18(16(25)12-33)30-17-6-3-7-19-15(17)10-20(34(19)13-24(26,27)28)23-32-31-21(36-23)11-29-22(35)14-4-2-5-14/h3,6-7,10,14,16H,2,4-5,8-9,11-13H2,1H3,(H,29,35)/t16-/m0/s1. The molecule has 12 heteroatoms. The molecule has 3 heterocycles. The van der Waals surface area contributed by atoms with Gasteiger partial charge >= 0.3 is 6.18 Å². The number of alkyl halides is 4. The van der Waals surface area contributed by atoms with E-state index in [1.165, 1.54) is 0 Å². The number of aliphatic imine (C=N–C) groups is 1. The van der Waals surface area contributed by atoms with E-state index in [1.54, 1.807) is 24.3 Å². The SMILES string of the molecule is CN1CCC(=Nc2cccc3c2cc(-c2nnc(CNC(=O)C4CCC4)s2)n3CC(F)(F)F)[C@@H](F)C1. The number of carbonyl (C=O) groups excluding carboxylic acids is 1. The maximum absolute atomic E-state index is 14.6. The number of carbonyl (C=O) groups is 1. The fourth-order valence-electron chi connectivity index (χ4n) is 4.51. The summed E-state index contributed by atoms with van der Waals surface area (Å²) in [4.78, 5) is 18.5. The van der Waals surface area contributed by atoms with E-state index in [-0.39, 0.29) is 30.6 Å². The molecule has 5 rings (SSSR count). The largest absolute Gasteiger partial charge is 0.406 e. The average Bonchev–Trinajstić information content (AvgIpc) is 3.37. The molecule has 1 aromatic carbocycles. The highest BCUT2D eigenvalue weighted by Gasteiger charge is 2.31. The molecule has 1 atom stereocenters. The van der Waals surface area contributed by atoms with Crippen molar-refractivity contribution in [2.24, 2.45) is 10.9 Å². The van der Waals surface area contributed by atoms with E-state index < -0.39 is 18.9 Å². The van der Waals surface area contributed by atoms with E-state index in [2.05, 4.69) is 20.5 Å². The van der Waals surface area contributed by atoms with Gasteiger partial charge < -0.3 is 14.8 Å². The van der Waals surface area contributed by atoms with Crippen LogP contribution in [-0.2, 0) is 17.9 Å². The van der Waals surface area contributed by atoms with Gasteiger partial charge in [0.2, 0.25) is 5.91 Å². The average molecular weight is 523 g/mol. The van der Waals surface area contributed by atoms with Gasteiger partial charge in [0.05, 0.1) is 29.2 Å². The third kappa shape index (κ3) is 5.29. The number of hydrogen-bond acceptors (Lipinski definition) is 6. The number of benzene rings is 1. The first-order valence-electron chi connectivity index (χ1n) is 11.9. The Morgan fingerprint density at radius 3 is 2.78 bits per heavy atom. The molecule has 192 valence electrons. The maximum Gasteiger partial charge on any atom is 0.406 e. The van der Waals surface area contributed by atoms with Gasteiger partial charge in [-0.2, -0.15) is 13.2 Å². The van der Waals surface area contributed by atoms with Gasteiger partial charge in [-0.3, -0.25) is 9.79 Å². The van der Waals surface area contributed by atoms with Crippen LogP contribution in [0.4, 0.5) is 23.2 Å². The quantitative estimate of drug-likeness (QED) is 0.468. The van der Waals surface area contributed by atoms with Crippen LogP contribution in [0.1, 0.15) is 30.7 Å². The van der Waals surface area contributed by atoms with Crippen molar-refractivity contribution in [3.63, 3.8) is 0 Å². The Bertz CT molecular complexity index is 1300. The van der Waals surface area contributed by atoms with Crippen LogP contribution in [0.25, 0.3) is 21.6 Å².